The van der Waals surface area contributed by atoms with Crippen molar-refractivity contribution in [1.29, 1.82) is 0 Å². The van der Waals surface area contributed by atoms with Gasteiger partial charge in [0.05, 0.1) is 11.0 Å². The Balaban J connectivity index is 2.06. The van der Waals surface area contributed by atoms with Gasteiger partial charge in [-0.2, -0.15) is 0 Å². The lowest BCUT2D eigenvalue weighted by Gasteiger charge is -2.11. The topological polar surface area (TPSA) is 43.8 Å². The fraction of sp³-hybridized carbons (Fsp3) is 0.316. The molecule has 0 radical (unpaired) electrons. The number of rotatable bonds is 5. The summed E-state index contributed by atoms with van der Waals surface area (Å²) in [5, 5.41) is 0. The van der Waals surface area contributed by atoms with Crippen molar-refractivity contribution in [2.24, 2.45) is 11.7 Å². The van der Waals surface area contributed by atoms with E-state index in [0.29, 0.717) is 30.0 Å². The number of imidazole rings is 1. The number of fused-ring (bicyclic) bond motifs is 1. The van der Waals surface area contributed by atoms with Crippen molar-refractivity contribution in [1.82, 2.24) is 9.55 Å². The van der Waals surface area contributed by atoms with Crippen LogP contribution in [0.1, 0.15) is 30.8 Å². The molecule has 3 nitrogen and oxygen atoms in total. The molecule has 0 aliphatic heterocycles. The first-order chi connectivity index (χ1) is 11.5. The number of halogens is 2. The first kappa shape index (κ1) is 16.6. The number of hydrogen-bond donors (Lipinski definition) is 1. The first-order valence-corrected chi connectivity index (χ1v) is 8.10. The van der Waals surface area contributed by atoms with E-state index in [1.165, 1.54) is 12.1 Å². The summed E-state index contributed by atoms with van der Waals surface area (Å²) in [6.07, 6.45) is 0.749. The van der Waals surface area contributed by atoms with Gasteiger partial charge in [0.2, 0.25) is 0 Å². The van der Waals surface area contributed by atoms with Crippen molar-refractivity contribution >= 4 is 11.0 Å². The molecule has 0 fully saturated rings. The van der Waals surface area contributed by atoms with Crippen LogP contribution < -0.4 is 5.73 Å². The maximum Gasteiger partial charge on any atom is 0.161 e. The van der Waals surface area contributed by atoms with Crippen LogP contribution in [-0.2, 0) is 19.5 Å². The summed E-state index contributed by atoms with van der Waals surface area (Å²) in [4.78, 5) is 4.52. The van der Waals surface area contributed by atoms with Gasteiger partial charge in [-0.15, -0.1) is 0 Å². The van der Waals surface area contributed by atoms with Gasteiger partial charge in [0.1, 0.15) is 5.82 Å². The summed E-state index contributed by atoms with van der Waals surface area (Å²) < 4.78 is 29.2. The fourth-order valence-electron chi connectivity index (χ4n) is 2.83. The van der Waals surface area contributed by atoms with Gasteiger partial charge in [-0.3, -0.25) is 0 Å². The van der Waals surface area contributed by atoms with E-state index in [4.69, 9.17) is 5.73 Å². The highest BCUT2D eigenvalue weighted by Gasteiger charge is 2.15. The molecule has 0 spiro atoms. The van der Waals surface area contributed by atoms with Crippen molar-refractivity contribution < 1.29 is 8.78 Å². The Hall–Kier alpha value is -2.27. The van der Waals surface area contributed by atoms with Crippen molar-refractivity contribution in [2.45, 2.75) is 33.4 Å². The zero-order valence-electron chi connectivity index (χ0n) is 13.9. The van der Waals surface area contributed by atoms with Crippen LogP contribution in [0, 0.1) is 17.6 Å². The second-order valence-electron chi connectivity index (χ2n) is 6.49. The highest BCUT2D eigenvalue weighted by Crippen LogP contribution is 2.23. The van der Waals surface area contributed by atoms with Crippen LogP contribution in [0.3, 0.4) is 0 Å². The zero-order valence-corrected chi connectivity index (χ0v) is 13.9. The second-order valence-corrected chi connectivity index (χ2v) is 6.49. The summed E-state index contributed by atoms with van der Waals surface area (Å²) in [6.45, 7) is 5.26. The van der Waals surface area contributed by atoms with Crippen molar-refractivity contribution in [3.63, 3.8) is 0 Å². The number of hydrogen-bond acceptors (Lipinski definition) is 2. The highest BCUT2D eigenvalue weighted by atomic mass is 19.2. The van der Waals surface area contributed by atoms with Gasteiger partial charge in [-0.05, 0) is 17.0 Å². The molecule has 2 N–H and O–H groups in total. The summed E-state index contributed by atoms with van der Waals surface area (Å²) in [5.41, 5.74) is 8.87. The SMILES string of the molecule is CC(C)Cc1nc2cc(F)c(F)cc2n1Cc1ccc(CN)cc1. The Morgan fingerprint density at radius 2 is 1.67 bits per heavy atom. The molecule has 0 saturated heterocycles. The Morgan fingerprint density at radius 1 is 1.04 bits per heavy atom. The molecule has 0 bridgehead atoms. The average molecular weight is 329 g/mol. The summed E-state index contributed by atoms with van der Waals surface area (Å²) in [6, 6.07) is 10.4. The van der Waals surface area contributed by atoms with Gasteiger partial charge in [0.25, 0.3) is 0 Å². The first-order valence-electron chi connectivity index (χ1n) is 8.10. The minimum absolute atomic E-state index is 0.398. The Bertz CT molecular complexity index is 851. The van der Waals surface area contributed by atoms with E-state index in [0.717, 1.165) is 23.4 Å². The van der Waals surface area contributed by atoms with Gasteiger partial charge in [-0.25, -0.2) is 13.8 Å². The lowest BCUT2D eigenvalue weighted by Crippen LogP contribution is -2.08. The fourth-order valence-corrected chi connectivity index (χ4v) is 2.83. The molecule has 1 aromatic heterocycles. The van der Waals surface area contributed by atoms with Crippen LogP contribution in [0.5, 0.6) is 0 Å². The van der Waals surface area contributed by atoms with Crippen molar-refractivity contribution in [3.8, 4) is 0 Å². The molecule has 3 aromatic rings. The lowest BCUT2D eigenvalue weighted by molar-refractivity contribution is 0.510. The molecule has 126 valence electrons. The quantitative estimate of drug-likeness (QED) is 0.768. The highest BCUT2D eigenvalue weighted by molar-refractivity contribution is 5.76. The van der Waals surface area contributed by atoms with Gasteiger partial charge < -0.3 is 10.3 Å². The van der Waals surface area contributed by atoms with E-state index in [1.807, 2.05) is 28.8 Å². The van der Waals surface area contributed by atoms with Crippen LogP contribution in [0.25, 0.3) is 11.0 Å². The third-order valence-corrected chi connectivity index (χ3v) is 4.06. The van der Waals surface area contributed by atoms with E-state index in [2.05, 4.69) is 18.8 Å². The smallest absolute Gasteiger partial charge is 0.161 e. The maximum absolute atomic E-state index is 13.7. The van der Waals surface area contributed by atoms with E-state index >= 15 is 0 Å². The molecule has 0 unspecified atom stereocenters. The molecule has 1 heterocycles. The average Bonchev–Trinajstić information content (AvgIpc) is 2.85. The minimum atomic E-state index is -0.865. The predicted molar refractivity (Wildman–Crippen MR) is 91.6 cm³/mol. The number of nitrogens with two attached hydrogens (primary N) is 1. The summed E-state index contributed by atoms with van der Waals surface area (Å²) >= 11 is 0. The molecule has 2 aromatic carbocycles. The van der Waals surface area contributed by atoms with Crippen LogP contribution in [0.15, 0.2) is 36.4 Å². The van der Waals surface area contributed by atoms with Crippen molar-refractivity contribution in [3.05, 3.63) is 65.0 Å². The van der Waals surface area contributed by atoms with E-state index < -0.39 is 11.6 Å². The van der Waals surface area contributed by atoms with Crippen molar-refractivity contribution in [2.75, 3.05) is 0 Å². The molecule has 5 heteroatoms. The van der Waals surface area contributed by atoms with Crippen LogP contribution in [0.2, 0.25) is 0 Å². The van der Waals surface area contributed by atoms with Crippen LogP contribution >= 0.6 is 0 Å². The second kappa shape index (κ2) is 6.69. The Kier molecular flexibility index (Phi) is 4.62. The normalized spacial score (nSPS) is 11.6. The molecular weight excluding hydrogens is 308 g/mol. The minimum Gasteiger partial charge on any atom is -0.326 e. The summed E-state index contributed by atoms with van der Waals surface area (Å²) in [5.74, 6) is -0.475. The molecular formula is C19H21F2N3. The van der Waals surface area contributed by atoms with Gasteiger partial charge in [0.15, 0.2) is 11.6 Å². The summed E-state index contributed by atoms with van der Waals surface area (Å²) in [7, 11) is 0. The Labute approximate surface area is 140 Å². The van der Waals surface area contributed by atoms with E-state index in [1.54, 1.807) is 0 Å². The monoisotopic (exact) mass is 329 g/mol. The van der Waals surface area contributed by atoms with Gasteiger partial charge in [0, 0.05) is 31.6 Å². The molecule has 0 aliphatic rings. The predicted octanol–water partition coefficient (Wildman–Crippen LogP) is 4.02. The third kappa shape index (κ3) is 3.31. The standard InChI is InChI=1S/C19H21F2N3/c1-12(2)7-19-23-17-8-15(20)16(21)9-18(17)24(19)11-14-5-3-13(10-22)4-6-14/h3-6,8-9,12H,7,10-11,22H2,1-2H3. The lowest BCUT2D eigenvalue weighted by atomic mass is 10.1. The molecule has 24 heavy (non-hydrogen) atoms. The number of aromatic nitrogens is 2. The van der Waals surface area contributed by atoms with Crippen LogP contribution in [0.4, 0.5) is 8.78 Å². The molecule has 0 amide bonds. The van der Waals surface area contributed by atoms with E-state index in [9.17, 15) is 8.78 Å². The zero-order chi connectivity index (χ0) is 17.3. The molecule has 0 atom stereocenters. The van der Waals surface area contributed by atoms with Gasteiger partial charge in [-0.1, -0.05) is 38.1 Å². The number of nitrogens with zero attached hydrogens (tertiary/aromatic N) is 2. The van der Waals surface area contributed by atoms with E-state index in [-0.39, 0.29) is 0 Å². The third-order valence-electron chi connectivity index (χ3n) is 4.06. The molecule has 3 rings (SSSR count). The van der Waals surface area contributed by atoms with Crippen LogP contribution in [-0.4, -0.2) is 9.55 Å². The molecule has 0 aliphatic carbocycles. The Morgan fingerprint density at radius 3 is 2.29 bits per heavy atom. The molecule has 0 saturated carbocycles. The van der Waals surface area contributed by atoms with Gasteiger partial charge >= 0.3 is 0 Å². The maximum atomic E-state index is 13.7. The largest absolute Gasteiger partial charge is 0.326 e. The number of benzene rings is 2.